The van der Waals surface area contributed by atoms with Gasteiger partial charge >= 0.3 is 0 Å². The Hall–Kier alpha value is -0.630. The highest BCUT2D eigenvalue weighted by Crippen LogP contribution is 1.89. The van der Waals surface area contributed by atoms with E-state index in [1.54, 1.807) is 0 Å². The molecule has 0 unspecified atom stereocenters. The Balaban J connectivity index is -0.000000340. The summed E-state index contributed by atoms with van der Waals surface area (Å²) in [5.74, 6) is 1.13. The van der Waals surface area contributed by atoms with E-state index in [-0.39, 0.29) is 1.43 Å². The first-order chi connectivity index (χ1) is 7.40. The van der Waals surface area contributed by atoms with E-state index in [2.05, 4.69) is 39.9 Å². The Bertz CT molecular complexity index is 186. The Labute approximate surface area is 103 Å². The molecule has 0 aliphatic heterocycles. The van der Waals surface area contributed by atoms with Gasteiger partial charge in [-0.05, 0) is 5.92 Å². The zero-order chi connectivity index (χ0) is 13.0. The minimum atomic E-state index is 0. The Morgan fingerprint density at radius 2 is 1.69 bits per heavy atom. The van der Waals surface area contributed by atoms with Crippen molar-refractivity contribution in [3.8, 4) is 0 Å². The molecule has 0 saturated carbocycles. The van der Waals surface area contributed by atoms with Crippen molar-refractivity contribution in [1.82, 2.24) is 5.32 Å². The predicted octanol–water partition coefficient (Wildman–Crippen LogP) is 3.82. The molecule has 0 fully saturated rings. The van der Waals surface area contributed by atoms with Crippen LogP contribution in [0.4, 0.5) is 0 Å². The molecule has 0 radical (unpaired) electrons. The van der Waals surface area contributed by atoms with E-state index >= 15 is 0 Å². The van der Waals surface area contributed by atoms with E-state index in [1.807, 2.05) is 19.1 Å². The summed E-state index contributed by atoms with van der Waals surface area (Å²) < 4.78 is 0. The third kappa shape index (κ3) is 23.3. The molecular weight excluding hydrogens is 198 g/mol. The monoisotopic (exact) mass is 229 g/mol. The van der Waals surface area contributed by atoms with Crippen LogP contribution >= 0.6 is 0 Å². The third-order valence-corrected chi connectivity index (χ3v) is 1.55. The molecular formula is C14H31NO. The van der Waals surface area contributed by atoms with Crippen molar-refractivity contribution >= 4 is 5.78 Å². The molecule has 0 spiro atoms. The maximum atomic E-state index is 10.8. The van der Waals surface area contributed by atoms with E-state index in [0.717, 1.165) is 12.5 Å². The lowest BCUT2D eigenvalue weighted by Crippen LogP contribution is -2.22. The summed E-state index contributed by atoms with van der Waals surface area (Å²) in [4.78, 5) is 10.8. The number of Topliss-reactive ketones (excluding diaryl/α,β-unsaturated/α-hetero) is 1. The molecule has 0 rings (SSSR count). The summed E-state index contributed by atoms with van der Waals surface area (Å²) in [5.41, 5.74) is 0. The Kier molecular flexibility index (Phi) is 13.8. The topological polar surface area (TPSA) is 29.1 Å². The summed E-state index contributed by atoms with van der Waals surface area (Å²) in [7, 11) is 0. The molecule has 0 aliphatic carbocycles. The van der Waals surface area contributed by atoms with Gasteiger partial charge in [0.1, 0.15) is 5.78 Å². The summed E-state index contributed by atoms with van der Waals surface area (Å²) in [6.07, 6.45) is 5.16. The zero-order valence-corrected chi connectivity index (χ0v) is 11.8. The van der Waals surface area contributed by atoms with Gasteiger partial charge in [0.05, 0.1) is 0 Å². The van der Waals surface area contributed by atoms with Gasteiger partial charge in [0, 0.05) is 26.9 Å². The van der Waals surface area contributed by atoms with Gasteiger partial charge in [0.15, 0.2) is 0 Å². The maximum Gasteiger partial charge on any atom is 0.136 e. The van der Waals surface area contributed by atoms with Gasteiger partial charge in [-0.3, -0.25) is 4.79 Å². The van der Waals surface area contributed by atoms with Gasteiger partial charge in [0.2, 0.25) is 0 Å². The predicted molar refractivity (Wildman–Crippen MR) is 74.8 cm³/mol. The lowest BCUT2D eigenvalue weighted by atomic mass is 10.2. The Morgan fingerprint density at radius 3 is 2.06 bits per heavy atom. The molecule has 2 nitrogen and oxygen atoms in total. The van der Waals surface area contributed by atoms with Crippen LogP contribution in [-0.2, 0) is 4.79 Å². The molecule has 0 amide bonds. The molecule has 98 valence electrons. The first-order valence-electron chi connectivity index (χ1n) is 6.30. The average Bonchev–Trinajstić information content (AvgIpc) is 2.15. The molecule has 0 aromatic heterocycles. The summed E-state index contributed by atoms with van der Waals surface area (Å²) in [5, 5.41) is 3.24. The summed E-state index contributed by atoms with van der Waals surface area (Å²) in [6.45, 7) is 13.5. The second-order valence-electron chi connectivity index (χ2n) is 4.86. The number of ketones is 1. The van der Waals surface area contributed by atoms with Crippen molar-refractivity contribution < 1.29 is 6.22 Å². The number of carbonyl (C=O) groups is 1. The summed E-state index contributed by atoms with van der Waals surface area (Å²) >= 11 is 0. The third-order valence-electron chi connectivity index (χ3n) is 1.55. The molecule has 0 aromatic carbocycles. The normalized spacial score (nSPS) is 10.8. The van der Waals surface area contributed by atoms with Gasteiger partial charge < -0.3 is 5.32 Å². The van der Waals surface area contributed by atoms with Gasteiger partial charge in [-0.1, -0.05) is 53.7 Å². The number of allylic oxidation sites excluding steroid dienone is 1. The first-order valence-corrected chi connectivity index (χ1v) is 6.30. The van der Waals surface area contributed by atoms with Crippen LogP contribution in [0.1, 0.15) is 55.8 Å². The minimum absolute atomic E-state index is 0. The lowest BCUT2D eigenvalue weighted by Gasteiger charge is -2.02. The standard InChI is InChI=1S/C10H19NO.C4H10.H2/c1-4-10(12)7-5-6-8-11-9(2)3;1-4(2)3;/h5-6,9,11H,4,7-8H2,1-3H3;4H,1-3H3;1H/b6-5+;;. The van der Waals surface area contributed by atoms with Crippen LogP contribution < -0.4 is 5.32 Å². The van der Waals surface area contributed by atoms with Crippen LogP contribution in [0.2, 0.25) is 0 Å². The molecule has 0 aliphatic rings. The SMILES string of the molecule is CC(C)C.CCC(=O)C/C=C/CNC(C)C.[HH]. The fraction of sp³-hybridized carbons (Fsp3) is 0.786. The molecule has 0 heterocycles. The number of hydrogen-bond donors (Lipinski definition) is 1. The summed E-state index contributed by atoms with van der Waals surface area (Å²) in [6, 6.07) is 0.511. The van der Waals surface area contributed by atoms with Crippen LogP contribution in [-0.4, -0.2) is 18.4 Å². The maximum absolute atomic E-state index is 10.8. The number of nitrogens with one attached hydrogen (secondary N) is 1. The minimum Gasteiger partial charge on any atom is -0.311 e. The molecule has 16 heavy (non-hydrogen) atoms. The van der Waals surface area contributed by atoms with E-state index in [4.69, 9.17) is 0 Å². The van der Waals surface area contributed by atoms with Gasteiger partial charge in [-0.25, -0.2) is 0 Å². The zero-order valence-electron chi connectivity index (χ0n) is 11.8. The van der Waals surface area contributed by atoms with Crippen LogP contribution in [0.15, 0.2) is 12.2 Å². The Morgan fingerprint density at radius 1 is 1.19 bits per heavy atom. The van der Waals surface area contributed by atoms with Crippen molar-refractivity contribution in [2.45, 2.75) is 60.4 Å². The van der Waals surface area contributed by atoms with E-state index in [9.17, 15) is 4.79 Å². The highest BCUT2D eigenvalue weighted by atomic mass is 16.1. The average molecular weight is 229 g/mol. The van der Waals surface area contributed by atoms with Crippen molar-refractivity contribution in [3.63, 3.8) is 0 Å². The molecule has 1 N–H and O–H groups in total. The largest absolute Gasteiger partial charge is 0.311 e. The van der Waals surface area contributed by atoms with Gasteiger partial charge in [-0.2, -0.15) is 0 Å². The van der Waals surface area contributed by atoms with Crippen LogP contribution in [0.5, 0.6) is 0 Å². The van der Waals surface area contributed by atoms with Crippen molar-refractivity contribution in [1.29, 1.82) is 0 Å². The second kappa shape index (κ2) is 12.4. The quantitative estimate of drug-likeness (QED) is 0.702. The van der Waals surface area contributed by atoms with Gasteiger partial charge in [-0.15, -0.1) is 0 Å². The van der Waals surface area contributed by atoms with E-state index < -0.39 is 0 Å². The number of carbonyl (C=O) groups excluding carboxylic acids is 1. The van der Waals surface area contributed by atoms with E-state index in [0.29, 0.717) is 24.7 Å². The first kappa shape index (κ1) is 17.8. The highest BCUT2D eigenvalue weighted by molar-refractivity contribution is 5.79. The number of rotatable bonds is 6. The molecule has 0 saturated heterocycles. The van der Waals surface area contributed by atoms with Crippen molar-refractivity contribution in [2.24, 2.45) is 5.92 Å². The van der Waals surface area contributed by atoms with Crippen LogP contribution in [0, 0.1) is 5.92 Å². The number of hydrogen-bond acceptors (Lipinski definition) is 2. The van der Waals surface area contributed by atoms with Crippen LogP contribution in [0.3, 0.4) is 0 Å². The fourth-order valence-electron chi connectivity index (χ4n) is 0.746. The van der Waals surface area contributed by atoms with Crippen LogP contribution in [0.25, 0.3) is 0 Å². The molecule has 2 heteroatoms. The highest BCUT2D eigenvalue weighted by Gasteiger charge is 1.92. The molecule has 0 atom stereocenters. The lowest BCUT2D eigenvalue weighted by molar-refractivity contribution is -0.117. The van der Waals surface area contributed by atoms with E-state index in [1.165, 1.54) is 0 Å². The smallest absolute Gasteiger partial charge is 0.136 e. The molecule has 0 aromatic rings. The van der Waals surface area contributed by atoms with Gasteiger partial charge in [0.25, 0.3) is 0 Å². The second-order valence-corrected chi connectivity index (χ2v) is 4.86. The van der Waals surface area contributed by atoms with Crippen molar-refractivity contribution in [3.05, 3.63) is 12.2 Å². The molecule has 0 bridgehead atoms. The van der Waals surface area contributed by atoms with Crippen molar-refractivity contribution in [2.75, 3.05) is 6.54 Å². The fourth-order valence-corrected chi connectivity index (χ4v) is 0.746.